The summed E-state index contributed by atoms with van der Waals surface area (Å²) >= 11 is 0. The third-order valence-corrected chi connectivity index (χ3v) is 4.99. The Morgan fingerprint density at radius 1 is 1.42 bits per heavy atom. The minimum Gasteiger partial charge on any atom is -0.364 e. The number of fused-ring (bicyclic) bond motifs is 1. The largest absolute Gasteiger partial charge is 0.364 e. The second-order valence-electron chi connectivity index (χ2n) is 6.38. The van der Waals surface area contributed by atoms with E-state index in [1.807, 2.05) is 6.07 Å². The Morgan fingerprint density at radius 3 is 2.84 bits per heavy atom. The molecule has 104 valence electrons. The van der Waals surface area contributed by atoms with E-state index in [0.717, 1.165) is 31.0 Å². The highest BCUT2D eigenvalue weighted by Gasteiger charge is 2.38. The molecule has 0 spiro atoms. The van der Waals surface area contributed by atoms with Crippen molar-refractivity contribution in [3.63, 3.8) is 0 Å². The molecule has 0 bridgehead atoms. The van der Waals surface area contributed by atoms with Crippen LogP contribution in [0.3, 0.4) is 0 Å². The number of hydrogen-bond donors (Lipinski definition) is 1. The molecule has 2 N–H and O–H groups in total. The summed E-state index contributed by atoms with van der Waals surface area (Å²) in [4.78, 5) is 2.35. The van der Waals surface area contributed by atoms with Crippen LogP contribution >= 0.6 is 0 Å². The molecule has 19 heavy (non-hydrogen) atoms. The molecule has 1 saturated carbocycles. The van der Waals surface area contributed by atoms with Crippen molar-refractivity contribution in [1.82, 2.24) is 0 Å². The standard InChI is InChI=1S/C16H23FN2/c1-16(11-18,10-12-3-2-4-12)19-8-7-13-5-6-14(17)9-15(13)19/h5-6,9,12H,2-4,7-8,10-11,18H2,1H3. The average Bonchev–Trinajstić information content (AvgIpc) is 2.77. The average molecular weight is 262 g/mol. The SMILES string of the molecule is CC(CN)(CC1CCC1)N1CCc2ccc(F)cc21. The van der Waals surface area contributed by atoms with E-state index in [0.29, 0.717) is 6.54 Å². The van der Waals surface area contributed by atoms with E-state index in [4.69, 9.17) is 5.73 Å². The predicted octanol–water partition coefficient (Wildman–Crippen LogP) is 3.10. The van der Waals surface area contributed by atoms with Crippen LogP contribution in [-0.4, -0.2) is 18.6 Å². The molecular weight excluding hydrogens is 239 g/mol. The quantitative estimate of drug-likeness (QED) is 0.903. The van der Waals surface area contributed by atoms with Gasteiger partial charge in [-0.25, -0.2) is 4.39 Å². The van der Waals surface area contributed by atoms with Crippen molar-refractivity contribution >= 4 is 5.69 Å². The Labute approximate surface area is 114 Å². The first-order valence-corrected chi connectivity index (χ1v) is 7.38. The van der Waals surface area contributed by atoms with Crippen LogP contribution in [-0.2, 0) is 6.42 Å². The molecule has 1 aliphatic carbocycles. The zero-order valence-corrected chi connectivity index (χ0v) is 11.7. The molecule has 0 saturated heterocycles. The first-order valence-electron chi connectivity index (χ1n) is 7.38. The monoisotopic (exact) mass is 262 g/mol. The topological polar surface area (TPSA) is 29.3 Å². The number of anilines is 1. The summed E-state index contributed by atoms with van der Waals surface area (Å²) in [6.07, 6.45) is 6.17. The first-order chi connectivity index (χ1) is 9.12. The van der Waals surface area contributed by atoms with Crippen molar-refractivity contribution in [3.05, 3.63) is 29.6 Å². The van der Waals surface area contributed by atoms with E-state index in [2.05, 4.69) is 11.8 Å². The van der Waals surface area contributed by atoms with Gasteiger partial charge in [0.15, 0.2) is 0 Å². The second-order valence-corrected chi connectivity index (χ2v) is 6.38. The summed E-state index contributed by atoms with van der Waals surface area (Å²) in [5.74, 6) is 0.667. The van der Waals surface area contributed by atoms with Gasteiger partial charge in [0.1, 0.15) is 5.82 Å². The number of nitrogens with two attached hydrogens (primary N) is 1. The van der Waals surface area contributed by atoms with Gasteiger partial charge in [-0.2, -0.15) is 0 Å². The van der Waals surface area contributed by atoms with E-state index >= 15 is 0 Å². The van der Waals surface area contributed by atoms with E-state index in [1.165, 1.54) is 24.8 Å². The molecule has 2 nitrogen and oxygen atoms in total. The lowest BCUT2D eigenvalue weighted by Gasteiger charge is -2.44. The maximum absolute atomic E-state index is 13.5. The minimum atomic E-state index is -0.145. The molecule has 1 fully saturated rings. The van der Waals surface area contributed by atoms with Gasteiger partial charge in [-0.1, -0.05) is 25.3 Å². The van der Waals surface area contributed by atoms with Crippen LogP contribution in [0.1, 0.15) is 38.2 Å². The molecule has 3 heteroatoms. The molecular formula is C16H23FN2. The van der Waals surface area contributed by atoms with E-state index in [-0.39, 0.29) is 11.4 Å². The Morgan fingerprint density at radius 2 is 2.21 bits per heavy atom. The van der Waals surface area contributed by atoms with E-state index < -0.39 is 0 Å². The second kappa shape index (κ2) is 4.78. The summed E-state index contributed by atoms with van der Waals surface area (Å²) < 4.78 is 13.5. The maximum atomic E-state index is 13.5. The summed E-state index contributed by atoms with van der Waals surface area (Å²) in [7, 11) is 0. The summed E-state index contributed by atoms with van der Waals surface area (Å²) in [6, 6.07) is 5.16. The molecule has 0 amide bonds. The first kappa shape index (κ1) is 12.9. The van der Waals surface area contributed by atoms with Gasteiger partial charge >= 0.3 is 0 Å². The lowest BCUT2D eigenvalue weighted by molar-refractivity contribution is 0.230. The van der Waals surface area contributed by atoms with Crippen LogP contribution < -0.4 is 10.6 Å². The maximum Gasteiger partial charge on any atom is 0.125 e. The van der Waals surface area contributed by atoms with E-state index in [9.17, 15) is 4.39 Å². The normalized spacial score (nSPS) is 21.9. The van der Waals surface area contributed by atoms with Gasteiger partial charge in [0, 0.05) is 24.3 Å². The lowest BCUT2D eigenvalue weighted by atomic mass is 9.76. The number of benzene rings is 1. The zero-order chi connectivity index (χ0) is 13.5. The van der Waals surface area contributed by atoms with Crippen molar-refractivity contribution in [3.8, 4) is 0 Å². The minimum absolute atomic E-state index is 0.0237. The number of hydrogen-bond acceptors (Lipinski definition) is 2. The van der Waals surface area contributed by atoms with Crippen LogP contribution in [0.4, 0.5) is 10.1 Å². The van der Waals surface area contributed by atoms with Crippen molar-refractivity contribution in [2.45, 2.75) is 44.6 Å². The van der Waals surface area contributed by atoms with Gasteiger partial charge in [0.25, 0.3) is 0 Å². The molecule has 3 rings (SSSR count). The molecule has 1 unspecified atom stereocenters. The third kappa shape index (κ3) is 2.25. The molecule has 1 atom stereocenters. The molecule has 0 radical (unpaired) electrons. The van der Waals surface area contributed by atoms with Gasteiger partial charge in [-0.15, -0.1) is 0 Å². The number of rotatable bonds is 4. The highest BCUT2D eigenvalue weighted by atomic mass is 19.1. The van der Waals surface area contributed by atoms with Crippen LogP contribution in [0, 0.1) is 11.7 Å². The van der Waals surface area contributed by atoms with Crippen LogP contribution in [0.2, 0.25) is 0 Å². The van der Waals surface area contributed by atoms with Gasteiger partial charge in [-0.05, 0) is 43.4 Å². The van der Waals surface area contributed by atoms with Crippen molar-refractivity contribution in [2.24, 2.45) is 11.7 Å². The molecule has 1 aromatic rings. The summed E-state index contributed by atoms with van der Waals surface area (Å²) in [6.45, 7) is 3.85. The van der Waals surface area contributed by atoms with Gasteiger partial charge < -0.3 is 10.6 Å². The fourth-order valence-corrected chi connectivity index (χ4v) is 3.54. The smallest absolute Gasteiger partial charge is 0.125 e. The van der Waals surface area contributed by atoms with Crippen molar-refractivity contribution in [2.75, 3.05) is 18.0 Å². The fourth-order valence-electron chi connectivity index (χ4n) is 3.54. The van der Waals surface area contributed by atoms with E-state index in [1.54, 1.807) is 12.1 Å². The lowest BCUT2D eigenvalue weighted by Crippen LogP contribution is -2.53. The Balaban J connectivity index is 1.86. The highest BCUT2D eigenvalue weighted by Crippen LogP contribution is 2.40. The summed E-state index contributed by atoms with van der Waals surface area (Å²) in [5.41, 5.74) is 8.37. The summed E-state index contributed by atoms with van der Waals surface area (Å²) in [5, 5.41) is 0. The molecule has 1 aromatic carbocycles. The third-order valence-electron chi connectivity index (χ3n) is 4.99. The molecule has 1 heterocycles. The molecule has 2 aliphatic rings. The zero-order valence-electron chi connectivity index (χ0n) is 11.7. The molecule has 0 aromatic heterocycles. The predicted molar refractivity (Wildman–Crippen MR) is 76.9 cm³/mol. The molecule has 1 aliphatic heterocycles. The van der Waals surface area contributed by atoms with Gasteiger partial charge in [0.05, 0.1) is 0 Å². The van der Waals surface area contributed by atoms with Crippen LogP contribution in [0.5, 0.6) is 0 Å². The van der Waals surface area contributed by atoms with Crippen LogP contribution in [0.15, 0.2) is 18.2 Å². The number of nitrogens with zero attached hydrogens (tertiary/aromatic N) is 1. The Kier molecular flexibility index (Phi) is 3.25. The van der Waals surface area contributed by atoms with Crippen molar-refractivity contribution in [1.29, 1.82) is 0 Å². The highest BCUT2D eigenvalue weighted by molar-refractivity contribution is 5.60. The fraction of sp³-hybridized carbons (Fsp3) is 0.625. The number of halogens is 1. The van der Waals surface area contributed by atoms with Gasteiger partial charge in [-0.3, -0.25) is 0 Å². The Bertz CT molecular complexity index is 470. The van der Waals surface area contributed by atoms with Crippen LogP contribution in [0.25, 0.3) is 0 Å². The van der Waals surface area contributed by atoms with Crippen molar-refractivity contribution < 1.29 is 4.39 Å². The van der Waals surface area contributed by atoms with Gasteiger partial charge in [0.2, 0.25) is 0 Å². The Hall–Kier alpha value is -1.09.